The van der Waals surface area contributed by atoms with Gasteiger partial charge in [0.2, 0.25) is 0 Å². The second-order valence-corrected chi connectivity index (χ2v) is 7.86. The molecule has 0 bridgehead atoms. The van der Waals surface area contributed by atoms with Crippen LogP contribution >= 0.6 is 11.3 Å². The minimum absolute atomic E-state index is 0.227. The molecule has 2 aromatic heterocycles. The number of allylic oxidation sites excluding steroid dienone is 1. The molecule has 0 atom stereocenters. The molecule has 0 spiro atoms. The lowest BCUT2D eigenvalue weighted by Crippen LogP contribution is -2.04. The first-order valence-electron chi connectivity index (χ1n) is 9.29. The van der Waals surface area contributed by atoms with Gasteiger partial charge in [-0.25, -0.2) is 14.4 Å². The van der Waals surface area contributed by atoms with Crippen LogP contribution in [0.5, 0.6) is 0 Å². The molecule has 0 aliphatic heterocycles. The molecule has 4 aromatic rings. The number of nitrogens with one attached hydrogen (secondary N) is 1. The van der Waals surface area contributed by atoms with Crippen LogP contribution in [-0.4, -0.2) is 16.5 Å². The predicted octanol–water partition coefficient (Wildman–Crippen LogP) is 5.94. The molecule has 28 heavy (non-hydrogen) atoms. The third kappa shape index (κ3) is 3.18. The first kappa shape index (κ1) is 17.1. The SMILES string of the molecule is Fc1ccc(-c2cc3c(NCCC4=CCc5ccccc54)ncnc3s2)cc1. The first-order valence-corrected chi connectivity index (χ1v) is 10.1. The highest BCUT2D eigenvalue weighted by atomic mass is 32.1. The van der Waals surface area contributed by atoms with E-state index in [1.54, 1.807) is 29.8 Å². The van der Waals surface area contributed by atoms with Crippen LogP contribution in [0, 0.1) is 5.82 Å². The number of halogens is 1. The minimum Gasteiger partial charge on any atom is -0.369 e. The Balaban J connectivity index is 1.34. The number of aromatic nitrogens is 2. The summed E-state index contributed by atoms with van der Waals surface area (Å²) in [4.78, 5) is 10.8. The van der Waals surface area contributed by atoms with Crippen molar-refractivity contribution in [1.29, 1.82) is 0 Å². The Kier molecular flexibility index (Phi) is 4.37. The Bertz CT molecular complexity index is 1180. The monoisotopic (exact) mass is 387 g/mol. The Labute approximate surface area is 166 Å². The number of benzene rings is 2. The van der Waals surface area contributed by atoms with Gasteiger partial charge in [-0.3, -0.25) is 0 Å². The third-order valence-electron chi connectivity index (χ3n) is 5.08. The number of rotatable bonds is 5. The molecule has 0 saturated heterocycles. The van der Waals surface area contributed by atoms with E-state index in [-0.39, 0.29) is 5.82 Å². The van der Waals surface area contributed by atoms with Crippen molar-refractivity contribution in [1.82, 2.24) is 9.97 Å². The first-order chi connectivity index (χ1) is 13.8. The molecule has 0 amide bonds. The highest BCUT2D eigenvalue weighted by molar-refractivity contribution is 7.21. The van der Waals surface area contributed by atoms with Crippen LogP contribution in [-0.2, 0) is 6.42 Å². The quantitative estimate of drug-likeness (QED) is 0.460. The highest BCUT2D eigenvalue weighted by Crippen LogP contribution is 2.35. The summed E-state index contributed by atoms with van der Waals surface area (Å²) >= 11 is 1.59. The summed E-state index contributed by atoms with van der Waals surface area (Å²) in [6.07, 6.45) is 5.89. The average Bonchev–Trinajstić information content (AvgIpc) is 3.33. The second kappa shape index (κ2) is 7.17. The van der Waals surface area contributed by atoms with Crippen LogP contribution < -0.4 is 5.32 Å². The van der Waals surface area contributed by atoms with Gasteiger partial charge in [0.05, 0.1) is 5.39 Å². The lowest BCUT2D eigenvalue weighted by Gasteiger charge is -2.08. The molecule has 0 fully saturated rings. The number of fused-ring (bicyclic) bond motifs is 2. The van der Waals surface area contributed by atoms with Crippen molar-refractivity contribution in [2.24, 2.45) is 0 Å². The number of nitrogens with zero attached hydrogens (tertiary/aromatic N) is 2. The lowest BCUT2D eigenvalue weighted by atomic mass is 10.0. The van der Waals surface area contributed by atoms with Gasteiger partial charge in [0.25, 0.3) is 0 Å². The summed E-state index contributed by atoms with van der Waals surface area (Å²) in [6.45, 7) is 0.814. The fraction of sp³-hybridized carbons (Fsp3) is 0.130. The molecule has 1 N–H and O–H groups in total. The molecule has 2 heterocycles. The van der Waals surface area contributed by atoms with Gasteiger partial charge in [0, 0.05) is 11.4 Å². The van der Waals surface area contributed by atoms with Crippen molar-refractivity contribution in [2.75, 3.05) is 11.9 Å². The summed E-state index contributed by atoms with van der Waals surface area (Å²) in [5, 5.41) is 4.48. The van der Waals surface area contributed by atoms with Crippen LogP contribution in [0.1, 0.15) is 17.5 Å². The largest absolute Gasteiger partial charge is 0.369 e. The van der Waals surface area contributed by atoms with E-state index in [4.69, 9.17) is 0 Å². The van der Waals surface area contributed by atoms with Gasteiger partial charge in [0.15, 0.2) is 0 Å². The van der Waals surface area contributed by atoms with Crippen LogP contribution in [0.15, 0.2) is 67.0 Å². The molecule has 0 radical (unpaired) electrons. The Morgan fingerprint density at radius 1 is 1.04 bits per heavy atom. The molecule has 5 rings (SSSR count). The zero-order valence-corrected chi connectivity index (χ0v) is 16.0. The van der Waals surface area contributed by atoms with Crippen LogP contribution in [0.25, 0.3) is 26.2 Å². The molecule has 0 unspecified atom stereocenters. The van der Waals surface area contributed by atoms with Crippen LogP contribution in [0.2, 0.25) is 0 Å². The van der Waals surface area contributed by atoms with Gasteiger partial charge < -0.3 is 5.32 Å². The molecule has 5 heteroatoms. The fourth-order valence-electron chi connectivity index (χ4n) is 3.66. The van der Waals surface area contributed by atoms with E-state index >= 15 is 0 Å². The summed E-state index contributed by atoms with van der Waals surface area (Å²) < 4.78 is 13.2. The number of hydrogen-bond acceptors (Lipinski definition) is 4. The van der Waals surface area contributed by atoms with E-state index in [0.29, 0.717) is 0 Å². The molecule has 0 saturated carbocycles. The summed E-state index contributed by atoms with van der Waals surface area (Å²) in [7, 11) is 0. The molecule has 1 aliphatic rings. The van der Waals surface area contributed by atoms with Crippen molar-refractivity contribution in [3.8, 4) is 10.4 Å². The van der Waals surface area contributed by atoms with Crippen molar-refractivity contribution >= 4 is 32.9 Å². The summed E-state index contributed by atoms with van der Waals surface area (Å²) in [6, 6.07) is 17.2. The summed E-state index contributed by atoms with van der Waals surface area (Å²) in [5.74, 6) is 0.622. The molecule has 138 valence electrons. The standard InChI is InChI=1S/C23H18FN3S/c24-18-9-7-17(8-10-18)21-13-20-22(26-14-27-23(20)28-21)25-12-11-16-6-5-15-3-1-2-4-19(15)16/h1-4,6-10,13-14H,5,11-12H2,(H,25,26,27). The van der Waals surface area contributed by atoms with Crippen LogP contribution in [0.4, 0.5) is 10.2 Å². The number of anilines is 1. The fourth-order valence-corrected chi connectivity index (χ4v) is 4.66. The molecular weight excluding hydrogens is 369 g/mol. The maximum absolute atomic E-state index is 13.2. The van der Waals surface area contributed by atoms with E-state index in [1.807, 2.05) is 0 Å². The Morgan fingerprint density at radius 3 is 2.79 bits per heavy atom. The van der Waals surface area contributed by atoms with Crippen molar-refractivity contribution in [3.63, 3.8) is 0 Å². The topological polar surface area (TPSA) is 37.8 Å². The smallest absolute Gasteiger partial charge is 0.138 e. The van der Waals surface area contributed by atoms with Crippen LogP contribution in [0.3, 0.4) is 0 Å². The second-order valence-electron chi connectivity index (χ2n) is 6.83. The van der Waals surface area contributed by atoms with E-state index < -0.39 is 0 Å². The summed E-state index contributed by atoms with van der Waals surface area (Å²) in [5.41, 5.74) is 5.16. The zero-order valence-electron chi connectivity index (χ0n) is 15.2. The zero-order chi connectivity index (χ0) is 18.9. The maximum Gasteiger partial charge on any atom is 0.138 e. The van der Waals surface area contributed by atoms with E-state index in [0.717, 1.165) is 45.9 Å². The average molecular weight is 387 g/mol. The van der Waals surface area contributed by atoms with Crippen molar-refractivity contribution < 1.29 is 4.39 Å². The molecular formula is C23H18FN3S. The van der Waals surface area contributed by atoms with Gasteiger partial charge in [-0.1, -0.05) is 42.5 Å². The van der Waals surface area contributed by atoms with E-state index in [9.17, 15) is 4.39 Å². The molecule has 3 nitrogen and oxygen atoms in total. The van der Waals surface area contributed by atoms with Gasteiger partial charge in [-0.05, 0) is 53.3 Å². The normalized spacial score (nSPS) is 12.8. The highest BCUT2D eigenvalue weighted by Gasteiger charge is 2.14. The minimum atomic E-state index is -0.227. The van der Waals surface area contributed by atoms with Gasteiger partial charge in [-0.2, -0.15) is 0 Å². The number of hydrogen-bond donors (Lipinski definition) is 1. The molecule has 1 aliphatic carbocycles. The van der Waals surface area contributed by atoms with Crippen molar-refractivity contribution in [2.45, 2.75) is 12.8 Å². The Morgan fingerprint density at radius 2 is 1.89 bits per heavy atom. The lowest BCUT2D eigenvalue weighted by molar-refractivity contribution is 0.628. The van der Waals surface area contributed by atoms with E-state index in [2.05, 4.69) is 51.7 Å². The van der Waals surface area contributed by atoms with E-state index in [1.165, 1.54) is 28.8 Å². The third-order valence-corrected chi connectivity index (χ3v) is 6.17. The van der Waals surface area contributed by atoms with Gasteiger partial charge in [0.1, 0.15) is 22.8 Å². The maximum atomic E-state index is 13.2. The van der Waals surface area contributed by atoms with Gasteiger partial charge >= 0.3 is 0 Å². The van der Waals surface area contributed by atoms with Crippen molar-refractivity contribution in [3.05, 3.63) is 83.9 Å². The molecule has 2 aromatic carbocycles. The van der Waals surface area contributed by atoms with Gasteiger partial charge in [-0.15, -0.1) is 11.3 Å². The Hall–Kier alpha value is -3.05. The number of thiophene rings is 1. The predicted molar refractivity (Wildman–Crippen MR) is 114 cm³/mol.